The molecule has 0 saturated carbocycles. The number of nitrogens with zero attached hydrogens (tertiary/aromatic N) is 1. The maximum Gasteiger partial charge on any atom is 0.0589 e. The van der Waals surface area contributed by atoms with E-state index < -0.39 is 0 Å². The normalized spacial score (nSPS) is 14.9. The van der Waals surface area contributed by atoms with Gasteiger partial charge >= 0.3 is 0 Å². The largest absolute Gasteiger partial charge is 0.383 e. The Labute approximate surface area is 105 Å². The van der Waals surface area contributed by atoms with Gasteiger partial charge in [0.1, 0.15) is 0 Å². The van der Waals surface area contributed by atoms with Gasteiger partial charge in [0.25, 0.3) is 0 Å². The van der Waals surface area contributed by atoms with E-state index >= 15 is 0 Å². The predicted octanol–water partition coefficient (Wildman–Crippen LogP) is 1.96. The molecule has 17 heavy (non-hydrogen) atoms. The van der Waals surface area contributed by atoms with Gasteiger partial charge in [0.2, 0.25) is 0 Å². The first-order chi connectivity index (χ1) is 8.06. The quantitative estimate of drug-likeness (QED) is 0.820. The molecule has 0 fully saturated rings. The maximum atomic E-state index is 6.28. The molecule has 0 spiro atoms. The number of hydrogen-bond donors (Lipinski definition) is 1. The van der Waals surface area contributed by atoms with Crippen LogP contribution in [0.4, 0.5) is 0 Å². The van der Waals surface area contributed by atoms with Crippen LogP contribution in [-0.4, -0.2) is 38.3 Å². The van der Waals surface area contributed by atoms with Gasteiger partial charge in [0.15, 0.2) is 0 Å². The average molecular weight is 236 g/mol. The molecule has 0 amide bonds. The molecule has 1 aromatic rings. The van der Waals surface area contributed by atoms with Crippen LogP contribution < -0.4 is 5.73 Å². The zero-order chi connectivity index (χ0) is 12.8. The molecule has 0 aliphatic carbocycles. The highest BCUT2D eigenvalue weighted by Gasteiger charge is 2.18. The van der Waals surface area contributed by atoms with E-state index in [9.17, 15) is 0 Å². The molecule has 0 heterocycles. The van der Waals surface area contributed by atoms with Crippen LogP contribution in [0.15, 0.2) is 24.3 Å². The standard InChI is InChI=1S/C14H24N2O/c1-11-5-7-13(8-6-11)14(15)12(2)16(3)9-10-17-4/h5-8,12,14H,9-10,15H2,1-4H3. The van der Waals surface area contributed by atoms with Crippen LogP contribution in [0, 0.1) is 6.92 Å². The molecule has 0 aromatic heterocycles. The zero-order valence-corrected chi connectivity index (χ0v) is 11.3. The summed E-state index contributed by atoms with van der Waals surface area (Å²) in [6.07, 6.45) is 0. The highest BCUT2D eigenvalue weighted by Crippen LogP contribution is 2.18. The molecule has 1 rings (SSSR count). The summed E-state index contributed by atoms with van der Waals surface area (Å²) in [4.78, 5) is 2.23. The van der Waals surface area contributed by atoms with Gasteiger partial charge < -0.3 is 10.5 Å². The summed E-state index contributed by atoms with van der Waals surface area (Å²) in [5.41, 5.74) is 8.73. The highest BCUT2D eigenvalue weighted by molar-refractivity contribution is 5.24. The summed E-state index contributed by atoms with van der Waals surface area (Å²) in [5, 5.41) is 0. The fourth-order valence-corrected chi connectivity index (χ4v) is 1.78. The number of benzene rings is 1. The Morgan fingerprint density at radius 1 is 1.29 bits per heavy atom. The second kappa shape index (κ2) is 6.74. The van der Waals surface area contributed by atoms with Crippen molar-refractivity contribution in [3.05, 3.63) is 35.4 Å². The number of nitrogens with two attached hydrogens (primary N) is 1. The lowest BCUT2D eigenvalue weighted by molar-refractivity contribution is 0.135. The molecule has 0 radical (unpaired) electrons. The second-order valence-corrected chi connectivity index (χ2v) is 4.65. The van der Waals surface area contributed by atoms with Gasteiger partial charge in [-0.05, 0) is 26.5 Å². The summed E-state index contributed by atoms with van der Waals surface area (Å²) in [6, 6.07) is 8.78. The summed E-state index contributed by atoms with van der Waals surface area (Å²) >= 11 is 0. The van der Waals surface area contributed by atoms with Crippen LogP contribution in [0.2, 0.25) is 0 Å². The van der Waals surface area contributed by atoms with Crippen LogP contribution >= 0.6 is 0 Å². The number of hydrogen-bond acceptors (Lipinski definition) is 3. The van der Waals surface area contributed by atoms with Gasteiger partial charge in [-0.25, -0.2) is 0 Å². The first-order valence-electron chi connectivity index (χ1n) is 6.07. The van der Waals surface area contributed by atoms with Crippen molar-refractivity contribution < 1.29 is 4.74 Å². The zero-order valence-electron chi connectivity index (χ0n) is 11.3. The Morgan fingerprint density at radius 2 is 1.88 bits per heavy atom. The third-order valence-corrected chi connectivity index (χ3v) is 3.33. The number of ether oxygens (including phenoxy) is 1. The van der Waals surface area contributed by atoms with Crippen molar-refractivity contribution in [2.75, 3.05) is 27.3 Å². The smallest absolute Gasteiger partial charge is 0.0589 e. The van der Waals surface area contributed by atoms with E-state index in [1.54, 1.807) is 7.11 Å². The molecule has 1 aromatic carbocycles. The molecular formula is C14H24N2O. The summed E-state index contributed by atoms with van der Waals surface area (Å²) < 4.78 is 5.08. The van der Waals surface area contributed by atoms with Crippen molar-refractivity contribution >= 4 is 0 Å². The summed E-state index contributed by atoms with van der Waals surface area (Å²) in [7, 11) is 3.80. The van der Waals surface area contributed by atoms with Crippen molar-refractivity contribution in [3.8, 4) is 0 Å². The van der Waals surface area contributed by atoms with Gasteiger partial charge in [-0.2, -0.15) is 0 Å². The predicted molar refractivity (Wildman–Crippen MR) is 72.1 cm³/mol. The molecule has 3 nitrogen and oxygen atoms in total. The number of likely N-dealkylation sites (N-methyl/N-ethyl adjacent to an activating group) is 1. The third kappa shape index (κ3) is 4.11. The molecule has 0 saturated heterocycles. The molecule has 2 atom stereocenters. The van der Waals surface area contributed by atoms with Crippen molar-refractivity contribution in [1.82, 2.24) is 4.90 Å². The van der Waals surface area contributed by atoms with Crippen molar-refractivity contribution in [1.29, 1.82) is 0 Å². The number of rotatable bonds is 6. The molecule has 0 aliphatic heterocycles. The minimum absolute atomic E-state index is 0.0393. The maximum absolute atomic E-state index is 6.28. The molecule has 96 valence electrons. The lowest BCUT2D eigenvalue weighted by Crippen LogP contribution is -2.39. The van der Waals surface area contributed by atoms with Gasteiger partial charge in [-0.1, -0.05) is 29.8 Å². The van der Waals surface area contributed by atoms with Crippen LogP contribution in [0.25, 0.3) is 0 Å². The van der Waals surface area contributed by atoms with Gasteiger partial charge in [-0.15, -0.1) is 0 Å². The SMILES string of the molecule is COCCN(C)C(C)C(N)c1ccc(C)cc1. The highest BCUT2D eigenvalue weighted by atomic mass is 16.5. The van der Waals surface area contributed by atoms with Crippen LogP contribution in [-0.2, 0) is 4.74 Å². The average Bonchev–Trinajstić information content (AvgIpc) is 2.35. The minimum Gasteiger partial charge on any atom is -0.383 e. The number of methoxy groups -OCH3 is 1. The molecule has 3 heteroatoms. The van der Waals surface area contributed by atoms with Crippen LogP contribution in [0.5, 0.6) is 0 Å². The fourth-order valence-electron chi connectivity index (χ4n) is 1.78. The first kappa shape index (κ1) is 14.2. The summed E-state index contributed by atoms with van der Waals surface area (Å²) in [6.45, 7) is 5.88. The summed E-state index contributed by atoms with van der Waals surface area (Å²) in [5.74, 6) is 0. The first-order valence-corrected chi connectivity index (χ1v) is 6.07. The van der Waals surface area contributed by atoms with Crippen LogP contribution in [0.1, 0.15) is 24.1 Å². The van der Waals surface area contributed by atoms with E-state index in [1.807, 2.05) is 0 Å². The van der Waals surface area contributed by atoms with Gasteiger partial charge in [0.05, 0.1) is 6.61 Å². The van der Waals surface area contributed by atoms with E-state index in [4.69, 9.17) is 10.5 Å². The van der Waals surface area contributed by atoms with Crippen molar-refractivity contribution in [2.24, 2.45) is 5.73 Å². The van der Waals surface area contributed by atoms with E-state index in [1.165, 1.54) is 11.1 Å². The second-order valence-electron chi connectivity index (χ2n) is 4.65. The van der Waals surface area contributed by atoms with Crippen molar-refractivity contribution in [2.45, 2.75) is 25.9 Å². The fraction of sp³-hybridized carbons (Fsp3) is 0.571. The van der Waals surface area contributed by atoms with E-state index in [0.29, 0.717) is 6.04 Å². The molecule has 0 aliphatic rings. The topological polar surface area (TPSA) is 38.5 Å². The molecule has 2 unspecified atom stereocenters. The van der Waals surface area contributed by atoms with E-state index in [-0.39, 0.29) is 6.04 Å². The Morgan fingerprint density at radius 3 is 2.41 bits per heavy atom. The van der Waals surface area contributed by atoms with E-state index in [2.05, 4.69) is 50.1 Å². The molecule has 2 N–H and O–H groups in total. The van der Waals surface area contributed by atoms with Gasteiger partial charge in [-0.3, -0.25) is 4.90 Å². The number of aryl methyl sites for hydroxylation is 1. The van der Waals surface area contributed by atoms with Crippen LogP contribution in [0.3, 0.4) is 0 Å². The Balaban J connectivity index is 2.62. The lowest BCUT2D eigenvalue weighted by atomic mass is 9.99. The Bertz CT molecular complexity index is 323. The minimum atomic E-state index is 0.0393. The lowest BCUT2D eigenvalue weighted by Gasteiger charge is -2.29. The third-order valence-electron chi connectivity index (χ3n) is 3.33. The monoisotopic (exact) mass is 236 g/mol. The van der Waals surface area contributed by atoms with E-state index in [0.717, 1.165) is 13.2 Å². The van der Waals surface area contributed by atoms with Gasteiger partial charge in [0, 0.05) is 25.7 Å². The molecular weight excluding hydrogens is 212 g/mol. The van der Waals surface area contributed by atoms with Crippen molar-refractivity contribution in [3.63, 3.8) is 0 Å². The molecule has 0 bridgehead atoms. The Kier molecular flexibility index (Phi) is 5.62. The Hall–Kier alpha value is -0.900.